The van der Waals surface area contributed by atoms with Crippen molar-refractivity contribution in [1.29, 1.82) is 0 Å². The number of benzene rings is 1. The van der Waals surface area contributed by atoms with E-state index in [9.17, 15) is 4.79 Å². The normalized spacial score (nSPS) is 11.8. The number of hydrogen-bond donors (Lipinski definition) is 0. The highest BCUT2D eigenvalue weighted by molar-refractivity contribution is 7.99. The number of carbonyl (C=O) groups excluding carboxylic acids is 1. The first-order chi connectivity index (χ1) is 11.1. The van der Waals surface area contributed by atoms with Crippen LogP contribution in [0, 0.1) is 0 Å². The van der Waals surface area contributed by atoms with Crippen LogP contribution in [0.5, 0.6) is 0 Å². The van der Waals surface area contributed by atoms with Gasteiger partial charge in [0.05, 0.1) is 5.75 Å². The molecule has 24 heavy (non-hydrogen) atoms. The summed E-state index contributed by atoms with van der Waals surface area (Å²) in [6.07, 6.45) is 0. The molecular formula is C16H22ClN3O3S. The summed E-state index contributed by atoms with van der Waals surface area (Å²) in [5.74, 6) is 1.31. The van der Waals surface area contributed by atoms with Gasteiger partial charge in [0.1, 0.15) is 11.9 Å². The molecule has 0 bridgehead atoms. The SMILES string of the molecule is CC(SCc1nc(-c2ccccc2)no1)C(=O)OCCN(C)C.Cl. The lowest BCUT2D eigenvalue weighted by Crippen LogP contribution is -2.24. The van der Waals surface area contributed by atoms with Crippen LogP contribution in [0.4, 0.5) is 0 Å². The Morgan fingerprint density at radius 1 is 1.33 bits per heavy atom. The minimum absolute atomic E-state index is 0. The molecule has 8 heteroatoms. The van der Waals surface area contributed by atoms with Gasteiger partial charge in [-0.05, 0) is 21.0 Å². The molecule has 0 radical (unpaired) electrons. The van der Waals surface area contributed by atoms with Crippen LogP contribution in [0.1, 0.15) is 12.8 Å². The molecule has 2 rings (SSSR count). The Labute approximate surface area is 152 Å². The molecule has 1 heterocycles. The Balaban J connectivity index is 0.00000288. The standard InChI is InChI=1S/C16H21N3O3S.ClH/c1-12(16(20)21-10-9-19(2)3)23-11-14-17-15(18-22-14)13-7-5-4-6-8-13;/h4-8,12H,9-11H2,1-3H3;1H. The van der Waals surface area contributed by atoms with Crippen LogP contribution in [-0.4, -0.2) is 53.5 Å². The van der Waals surface area contributed by atoms with Crippen molar-refractivity contribution in [2.45, 2.75) is 17.9 Å². The highest BCUT2D eigenvalue weighted by atomic mass is 35.5. The maximum absolute atomic E-state index is 11.8. The van der Waals surface area contributed by atoms with Crippen LogP contribution in [0.15, 0.2) is 34.9 Å². The zero-order valence-electron chi connectivity index (χ0n) is 14.0. The molecule has 1 unspecified atom stereocenters. The Morgan fingerprint density at radius 3 is 2.71 bits per heavy atom. The van der Waals surface area contributed by atoms with Gasteiger partial charge < -0.3 is 14.2 Å². The molecule has 0 spiro atoms. The van der Waals surface area contributed by atoms with Crippen LogP contribution >= 0.6 is 24.2 Å². The summed E-state index contributed by atoms with van der Waals surface area (Å²) in [5, 5.41) is 3.68. The van der Waals surface area contributed by atoms with E-state index < -0.39 is 0 Å². The molecule has 0 fully saturated rings. The van der Waals surface area contributed by atoms with Crippen LogP contribution in [0.25, 0.3) is 11.4 Å². The second-order valence-corrected chi connectivity index (χ2v) is 6.63. The van der Waals surface area contributed by atoms with Crippen molar-refractivity contribution in [3.05, 3.63) is 36.2 Å². The summed E-state index contributed by atoms with van der Waals surface area (Å²) >= 11 is 1.42. The highest BCUT2D eigenvalue weighted by Crippen LogP contribution is 2.20. The Kier molecular flexibility index (Phi) is 8.81. The van der Waals surface area contributed by atoms with Crippen LogP contribution < -0.4 is 0 Å². The summed E-state index contributed by atoms with van der Waals surface area (Å²) < 4.78 is 10.4. The lowest BCUT2D eigenvalue weighted by atomic mass is 10.2. The van der Waals surface area contributed by atoms with Crippen LogP contribution in [0.2, 0.25) is 0 Å². The summed E-state index contributed by atoms with van der Waals surface area (Å²) in [4.78, 5) is 18.2. The third-order valence-corrected chi connectivity index (χ3v) is 4.18. The minimum Gasteiger partial charge on any atom is -0.464 e. The molecule has 0 aliphatic carbocycles. The van der Waals surface area contributed by atoms with Gasteiger partial charge in [-0.3, -0.25) is 4.79 Å². The fourth-order valence-electron chi connectivity index (χ4n) is 1.73. The Hall–Kier alpha value is -1.57. The van der Waals surface area contributed by atoms with Gasteiger partial charge in [0.15, 0.2) is 0 Å². The first-order valence-electron chi connectivity index (χ1n) is 7.37. The minimum atomic E-state index is -0.274. The number of thioether (sulfide) groups is 1. The molecule has 0 aliphatic heterocycles. The smallest absolute Gasteiger partial charge is 0.318 e. The van der Waals surface area contributed by atoms with Crippen LogP contribution in [0.3, 0.4) is 0 Å². The van der Waals surface area contributed by atoms with Crippen molar-refractivity contribution in [2.75, 3.05) is 27.2 Å². The zero-order chi connectivity index (χ0) is 16.7. The number of rotatable bonds is 8. The summed E-state index contributed by atoms with van der Waals surface area (Å²) in [6, 6.07) is 9.63. The van der Waals surface area contributed by atoms with Crippen molar-refractivity contribution in [2.24, 2.45) is 0 Å². The molecule has 0 amide bonds. The number of esters is 1. The van der Waals surface area contributed by atoms with E-state index >= 15 is 0 Å². The van der Waals surface area contributed by atoms with E-state index in [4.69, 9.17) is 9.26 Å². The first-order valence-corrected chi connectivity index (χ1v) is 8.42. The third kappa shape index (κ3) is 6.51. The quantitative estimate of drug-likeness (QED) is 0.661. The predicted octanol–water partition coefficient (Wildman–Crippen LogP) is 2.88. The Morgan fingerprint density at radius 2 is 2.04 bits per heavy atom. The maximum atomic E-state index is 11.8. The molecule has 2 aromatic rings. The number of halogens is 1. The molecule has 0 aliphatic rings. The molecule has 1 aromatic carbocycles. The lowest BCUT2D eigenvalue weighted by molar-refractivity contribution is -0.142. The monoisotopic (exact) mass is 371 g/mol. The molecule has 1 atom stereocenters. The average Bonchev–Trinajstić information content (AvgIpc) is 3.02. The summed E-state index contributed by atoms with van der Waals surface area (Å²) in [7, 11) is 3.87. The van der Waals surface area contributed by atoms with E-state index in [0.717, 1.165) is 5.56 Å². The average molecular weight is 372 g/mol. The fraction of sp³-hybridized carbons (Fsp3) is 0.438. The van der Waals surface area contributed by atoms with Crippen molar-refractivity contribution in [3.8, 4) is 11.4 Å². The summed E-state index contributed by atoms with van der Waals surface area (Å²) in [6.45, 7) is 2.93. The molecule has 0 saturated heterocycles. The molecule has 0 saturated carbocycles. The van der Waals surface area contributed by atoms with Gasteiger partial charge in [0, 0.05) is 12.1 Å². The summed E-state index contributed by atoms with van der Waals surface area (Å²) in [5.41, 5.74) is 0.906. The largest absolute Gasteiger partial charge is 0.464 e. The van der Waals surface area contributed by atoms with Crippen molar-refractivity contribution < 1.29 is 14.1 Å². The number of likely N-dealkylation sites (N-methyl/N-ethyl adjacent to an activating group) is 1. The predicted molar refractivity (Wildman–Crippen MR) is 97.3 cm³/mol. The van der Waals surface area contributed by atoms with E-state index in [2.05, 4.69) is 10.1 Å². The lowest BCUT2D eigenvalue weighted by Gasteiger charge is -2.12. The van der Waals surface area contributed by atoms with Crippen molar-refractivity contribution in [3.63, 3.8) is 0 Å². The second-order valence-electron chi connectivity index (χ2n) is 5.30. The zero-order valence-corrected chi connectivity index (χ0v) is 15.6. The molecule has 0 N–H and O–H groups in total. The highest BCUT2D eigenvalue weighted by Gasteiger charge is 2.17. The molecule has 132 valence electrons. The van der Waals surface area contributed by atoms with Gasteiger partial charge in [0.2, 0.25) is 11.7 Å². The van der Waals surface area contributed by atoms with E-state index in [1.165, 1.54) is 11.8 Å². The van der Waals surface area contributed by atoms with Gasteiger partial charge in [-0.25, -0.2) is 0 Å². The fourth-order valence-corrected chi connectivity index (χ4v) is 2.44. The second kappa shape index (κ2) is 10.3. The number of carbonyl (C=O) groups is 1. The van der Waals surface area contributed by atoms with E-state index in [1.807, 2.05) is 56.3 Å². The van der Waals surface area contributed by atoms with Gasteiger partial charge in [0.25, 0.3) is 0 Å². The van der Waals surface area contributed by atoms with Crippen LogP contribution in [-0.2, 0) is 15.3 Å². The molecule has 1 aromatic heterocycles. The van der Waals surface area contributed by atoms with Crippen molar-refractivity contribution >= 4 is 30.1 Å². The molecular weight excluding hydrogens is 350 g/mol. The van der Waals surface area contributed by atoms with Crippen molar-refractivity contribution in [1.82, 2.24) is 15.0 Å². The number of ether oxygens (including phenoxy) is 1. The Bertz CT molecular complexity index is 622. The first kappa shape index (κ1) is 20.5. The van der Waals surface area contributed by atoms with E-state index in [0.29, 0.717) is 30.6 Å². The number of aromatic nitrogens is 2. The topological polar surface area (TPSA) is 68.5 Å². The number of nitrogens with zero attached hydrogens (tertiary/aromatic N) is 3. The van der Waals surface area contributed by atoms with Gasteiger partial charge in [-0.2, -0.15) is 4.98 Å². The van der Waals surface area contributed by atoms with Gasteiger partial charge >= 0.3 is 5.97 Å². The molecule has 6 nitrogen and oxygen atoms in total. The van der Waals surface area contributed by atoms with Gasteiger partial charge in [-0.15, -0.1) is 24.2 Å². The third-order valence-electron chi connectivity index (χ3n) is 3.07. The van der Waals surface area contributed by atoms with Gasteiger partial charge in [-0.1, -0.05) is 35.5 Å². The van der Waals surface area contributed by atoms with E-state index in [-0.39, 0.29) is 23.6 Å². The number of hydrogen-bond acceptors (Lipinski definition) is 7. The van der Waals surface area contributed by atoms with E-state index in [1.54, 1.807) is 0 Å². The maximum Gasteiger partial charge on any atom is 0.318 e.